The van der Waals surface area contributed by atoms with Crippen molar-refractivity contribution in [1.82, 2.24) is 4.98 Å². The molecular formula is C13H9BrClF2NO. The molecule has 0 radical (unpaired) electrons. The first kappa shape index (κ1) is 14.4. The van der Waals surface area contributed by atoms with E-state index in [0.29, 0.717) is 5.69 Å². The third kappa shape index (κ3) is 3.49. The first-order valence-corrected chi connectivity index (χ1v) is 6.57. The summed E-state index contributed by atoms with van der Waals surface area (Å²) in [6, 6.07) is 5.21. The zero-order valence-corrected chi connectivity index (χ0v) is 11.9. The minimum Gasteiger partial charge on any atom is -0.388 e. The van der Waals surface area contributed by atoms with Crippen LogP contribution in [0, 0.1) is 11.6 Å². The van der Waals surface area contributed by atoms with Crippen LogP contribution in [0.1, 0.15) is 17.4 Å². The summed E-state index contributed by atoms with van der Waals surface area (Å²) < 4.78 is 27.7. The standard InChI is InChI=1S/C13H9BrClF2NO/c14-7-1-2-8(18-6-7)3-13(19)9-4-12(17)10(15)5-11(9)16/h1-2,4-6,13,19H,3H2. The third-order valence-corrected chi connectivity index (χ3v) is 3.35. The zero-order valence-electron chi connectivity index (χ0n) is 9.58. The lowest BCUT2D eigenvalue weighted by Crippen LogP contribution is -2.06. The highest BCUT2D eigenvalue weighted by atomic mass is 79.9. The Morgan fingerprint density at radius 2 is 2.00 bits per heavy atom. The van der Waals surface area contributed by atoms with Gasteiger partial charge in [-0.25, -0.2) is 8.78 Å². The summed E-state index contributed by atoms with van der Waals surface area (Å²) in [6.07, 6.45) is 0.479. The van der Waals surface area contributed by atoms with Crippen LogP contribution < -0.4 is 0 Å². The van der Waals surface area contributed by atoms with Crippen molar-refractivity contribution in [2.45, 2.75) is 12.5 Å². The second-order valence-electron chi connectivity index (χ2n) is 3.98. The fraction of sp³-hybridized carbons (Fsp3) is 0.154. The van der Waals surface area contributed by atoms with E-state index in [0.717, 1.165) is 16.6 Å². The molecule has 1 atom stereocenters. The number of hydrogen-bond acceptors (Lipinski definition) is 2. The van der Waals surface area contributed by atoms with Crippen molar-refractivity contribution < 1.29 is 13.9 Å². The first-order valence-electron chi connectivity index (χ1n) is 5.40. The Bertz CT molecular complexity index is 592. The fourth-order valence-corrected chi connectivity index (χ4v) is 2.01. The van der Waals surface area contributed by atoms with Gasteiger partial charge in [-0.2, -0.15) is 0 Å². The lowest BCUT2D eigenvalue weighted by molar-refractivity contribution is 0.172. The molecule has 0 aliphatic rings. The molecule has 0 saturated heterocycles. The molecule has 1 aromatic carbocycles. The second-order valence-corrected chi connectivity index (χ2v) is 5.30. The highest BCUT2D eigenvalue weighted by Crippen LogP contribution is 2.26. The van der Waals surface area contributed by atoms with Crippen LogP contribution in [-0.2, 0) is 6.42 Å². The van der Waals surface area contributed by atoms with Gasteiger partial charge in [0.1, 0.15) is 11.6 Å². The quantitative estimate of drug-likeness (QED) is 0.849. The van der Waals surface area contributed by atoms with Gasteiger partial charge in [-0.1, -0.05) is 11.6 Å². The molecule has 0 aliphatic heterocycles. The van der Waals surface area contributed by atoms with Gasteiger partial charge in [-0.15, -0.1) is 0 Å². The smallest absolute Gasteiger partial charge is 0.142 e. The lowest BCUT2D eigenvalue weighted by atomic mass is 10.0. The maximum absolute atomic E-state index is 13.6. The van der Waals surface area contributed by atoms with E-state index >= 15 is 0 Å². The normalized spacial score (nSPS) is 12.5. The van der Waals surface area contributed by atoms with Crippen LogP contribution in [0.4, 0.5) is 8.78 Å². The lowest BCUT2D eigenvalue weighted by Gasteiger charge is -2.12. The number of aliphatic hydroxyl groups is 1. The molecule has 2 nitrogen and oxygen atoms in total. The molecule has 1 unspecified atom stereocenters. The van der Waals surface area contributed by atoms with Gasteiger partial charge in [0, 0.05) is 28.3 Å². The maximum atomic E-state index is 13.6. The molecule has 1 heterocycles. The van der Waals surface area contributed by atoms with Crippen molar-refractivity contribution in [2.24, 2.45) is 0 Å². The minimum atomic E-state index is -1.18. The van der Waals surface area contributed by atoms with Crippen molar-refractivity contribution in [1.29, 1.82) is 0 Å². The zero-order chi connectivity index (χ0) is 14.0. The highest BCUT2D eigenvalue weighted by Gasteiger charge is 2.17. The number of pyridine rings is 1. The molecule has 1 N–H and O–H groups in total. The summed E-state index contributed by atoms with van der Waals surface area (Å²) in [6.45, 7) is 0. The molecule has 0 saturated carbocycles. The van der Waals surface area contributed by atoms with Crippen LogP contribution in [0.3, 0.4) is 0 Å². The maximum Gasteiger partial charge on any atom is 0.142 e. The van der Waals surface area contributed by atoms with Crippen LogP contribution >= 0.6 is 27.5 Å². The minimum absolute atomic E-state index is 0.0886. The van der Waals surface area contributed by atoms with E-state index in [4.69, 9.17) is 11.6 Å². The molecule has 2 rings (SSSR count). The Labute approximate surface area is 122 Å². The summed E-state index contributed by atoms with van der Waals surface area (Å²) in [5, 5.41) is 9.63. The van der Waals surface area contributed by atoms with Crippen LogP contribution in [0.5, 0.6) is 0 Å². The van der Waals surface area contributed by atoms with Gasteiger partial charge < -0.3 is 5.11 Å². The van der Waals surface area contributed by atoms with Crippen molar-refractivity contribution in [3.05, 3.63) is 62.8 Å². The summed E-state index contributed by atoms with van der Waals surface area (Å²) in [7, 11) is 0. The Kier molecular flexibility index (Phi) is 4.50. The molecule has 0 fully saturated rings. The average Bonchev–Trinajstić information content (AvgIpc) is 2.36. The summed E-state index contributed by atoms with van der Waals surface area (Å²) in [4.78, 5) is 4.06. The number of halogens is 4. The van der Waals surface area contributed by atoms with Gasteiger partial charge >= 0.3 is 0 Å². The fourth-order valence-electron chi connectivity index (χ4n) is 1.63. The van der Waals surface area contributed by atoms with E-state index < -0.39 is 17.7 Å². The third-order valence-electron chi connectivity index (χ3n) is 2.59. The van der Waals surface area contributed by atoms with Gasteiger partial charge in [-0.05, 0) is 40.2 Å². The monoisotopic (exact) mass is 347 g/mol. The average molecular weight is 349 g/mol. The number of benzene rings is 1. The highest BCUT2D eigenvalue weighted by molar-refractivity contribution is 9.10. The molecule has 1 aromatic heterocycles. The number of hydrogen-bond donors (Lipinski definition) is 1. The number of aliphatic hydroxyl groups excluding tert-OH is 1. The Hall–Kier alpha value is -1.04. The Balaban J connectivity index is 2.22. The molecular weight excluding hydrogens is 340 g/mol. The van der Waals surface area contributed by atoms with Crippen LogP contribution in [0.2, 0.25) is 5.02 Å². The molecule has 19 heavy (non-hydrogen) atoms. The number of aromatic nitrogens is 1. The first-order chi connectivity index (χ1) is 8.97. The van der Waals surface area contributed by atoms with Crippen LogP contribution in [-0.4, -0.2) is 10.1 Å². The van der Waals surface area contributed by atoms with E-state index in [1.54, 1.807) is 18.3 Å². The summed E-state index contributed by atoms with van der Waals surface area (Å²) in [5.41, 5.74) is 0.442. The van der Waals surface area contributed by atoms with Gasteiger partial charge in [0.05, 0.1) is 11.1 Å². The van der Waals surface area contributed by atoms with E-state index in [-0.39, 0.29) is 17.0 Å². The van der Waals surface area contributed by atoms with E-state index in [9.17, 15) is 13.9 Å². The summed E-state index contributed by atoms with van der Waals surface area (Å²) >= 11 is 8.69. The summed E-state index contributed by atoms with van der Waals surface area (Å²) in [5.74, 6) is -1.50. The number of nitrogens with zero attached hydrogens (tertiary/aromatic N) is 1. The number of rotatable bonds is 3. The van der Waals surface area contributed by atoms with Gasteiger partial charge in [0.2, 0.25) is 0 Å². The van der Waals surface area contributed by atoms with Gasteiger partial charge in [-0.3, -0.25) is 4.98 Å². The topological polar surface area (TPSA) is 33.1 Å². The van der Waals surface area contributed by atoms with E-state index in [2.05, 4.69) is 20.9 Å². The van der Waals surface area contributed by atoms with E-state index in [1.807, 2.05) is 0 Å². The molecule has 2 aromatic rings. The molecule has 6 heteroatoms. The van der Waals surface area contributed by atoms with Gasteiger partial charge in [0.15, 0.2) is 0 Å². The molecule has 100 valence electrons. The van der Waals surface area contributed by atoms with Crippen molar-refractivity contribution in [2.75, 3.05) is 0 Å². The molecule has 0 spiro atoms. The van der Waals surface area contributed by atoms with Crippen LogP contribution in [0.15, 0.2) is 34.9 Å². The molecule has 0 bridgehead atoms. The van der Waals surface area contributed by atoms with Gasteiger partial charge in [0.25, 0.3) is 0 Å². The molecule has 0 aliphatic carbocycles. The predicted octanol–water partition coefficient (Wildman–Crippen LogP) is 4.05. The van der Waals surface area contributed by atoms with E-state index in [1.165, 1.54) is 0 Å². The Morgan fingerprint density at radius 1 is 1.26 bits per heavy atom. The van der Waals surface area contributed by atoms with Crippen molar-refractivity contribution in [3.8, 4) is 0 Å². The Morgan fingerprint density at radius 3 is 2.63 bits per heavy atom. The van der Waals surface area contributed by atoms with Crippen molar-refractivity contribution >= 4 is 27.5 Å². The largest absolute Gasteiger partial charge is 0.388 e. The van der Waals surface area contributed by atoms with Crippen LogP contribution in [0.25, 0.3) is 0 Å². The SMILES string of the molecule is OC(Cc1ccc(Br)cn1)c1cc(F)c(Cl)cc1F. The van der Waals surface area contributed by atoms with Crippen molar-refractivity contribution in [3.63, 3.8) is 0 Å². The second kappa shape index (κ2) is 5.94. The predicted molar refractivity (Wildman–Crippen MR) is 72.0 cm³/mol. The molecule has 0 amide bonds.